The van der Waals surface area contributed by atoms with Gasteiger partial charge in [-0.25, -0.2) is 0 Å². The van der Waals surface area contributed by atoms with Gasteiger partial charge in [-0.1, -0.05) is 0 Å². The van der Waals surface area contributed by atoms with Crippen LogP contribution in [0.15, 0.2) is 0 Å². The molecule has 0 bridgehead atoms. The molecule has 0 heterocycles. The Hall–Kier alpha value is -0.0151. The summed E-state index contributed by atoms with van der Waals surface area (Å²) in [7, 11) is 7.00. The van der Waals surface area contributed by atoms with Gasteiger partial charge in [-0.05, 0) is 90.0 Å². The minimum Gasteiger partial charge on any atom is -0.284 e. The topological polar surface area (TPSA) is 6.48 Å². The summed E-state index contributed by atoms with van der Waals surface area (Å²) in [6.45, 7) is 29.1. The average Bonchev–Trinajstić information content (AvgIpc) is 1.84. The number of rotatable bonds is 2. The Bertz CT molecular complexity index is 283. The summed E-state index contributed by atoms with van der Waals surface area (Å²) in [5.74, 6) is 0. The average molecular weight is 294 g/mol. The fraction of sp³-hybridized carbons (Fsp3) is 1.00. The molecule has 0 saturated carbocycles. The molecule has 124 valence electrons. The highest BCUT2D eigenvalue weighted by atomic mass is 15.5. The van der Waals surface area contributed by atoms with Gasteiger partial charge in [-0.2, -0.15) is 0 Å². The lowest BCUT2D eigenvalue weighted by Crippen LogP contribution is -2.75. The maximum Gasteiger partial charge on any atom is 0.117 e. The Morgan fingerprint density at radius 3 is 0.667 bits per heavy atom. The third-order valence-corrected chi connectivity index (χ3v) is 3.59. The van der Waals surface area contributed by atoms with E-state index in [-0.39, 0.29) is 22.2 Å². The maximum absolute atomic E-state index is 7.00. The molecule has 0 unspecified atom stereocenters. The number of nitrogens with zero attached hydrogens (tertiary/aromatic N) is 2. The van der Waals surface area contributed by atoms with Crippen molar-refractivity contribution in [1.82, 2.24) is 9.80 Å². The van der Waals surface area contributed by atoms with Crippen molar-refractivity contribution in [2.45, 2.75) is 118 Å². The first-order valence-electron chi connectivity index (χ1n) is 8.13. The van der Waals surface area contributed by atoms with E-state index in [1.54, 1.807) is 0 Å². The summed E-state index contributed by atoms with van der Waals surface area (Å²) >= 11 is 0. The first kappa shape index (κ1) is 21.0. The molecule has 0 aliphatic carbocycles. The van der Waals surface area contributed by atoms with Crippen LogP contribution < -0.4 is 0 Å². The van der Waals surface area contributed by atoms with E-state index < -0.39 is 5.56 Å². The lowest BCUT2D eigenvalue weighted by molar-refractivity contribution is -0.152. The van der Waals surface area contributed by atoms with Gasteiger partial charge in [0, 0.05) is 27.7 Å². The van der Waals surface area contributed by atoms with E-state index in [4.69, 9.17) is 7.85 Å². The monoisotopic (exact) mass is 294 g/mol. The molecule has 0 rings (SSSR count). The molecule has 0 aromatic carbocycles. The lowest BCUT2D eigenvalue weighted by atomic mass is 9.74. The zero-order chi connectivity index (χ0) is 17.7. The largest absolute Gasteiger partial charge is 0.284 e. The van der Waals surface area contributed by atoms with Crippen molar-refractivity contribution in [3.8, 4) is 0 Å². The highest BCUT2D eigenvalue weighted by molar-refractivity contribution is 6.14. The zero-order valence-electron chi connectivity index (χ0n) is 17.0. The Morgan fingerprint density at radius 1 is 0.429 bits per heavy atom. The molecule has 0 fully saturated rings. The Balaban J connectivity index is 6.21. The summed E-state index contributed by atoms with van der Waals surface area (Å²) in [6.07, 6.45) is 0. The fourth-order valence-electron chi connectivity index (χ4n) is 4.83. The first-order valence-corrected chi connectivity index (χ1v) is 8.13. The van der Waals surface area contributed by atoms with Gasteiger partial charge in [0.25, 0.3) is 0 Å². The summed E-state index contributed by atoms with van der Waals surface area (Å²) < 4.78 is 0. The van der Waals surface area contributed by atoms with Crippen molar-refractivity contribution in [3.63, 3.8) is 0 Å². The van der Waals surface area contributed by atoms with E-state index in [1.165, 1.54) is 0 Å². The van der Waals surface area contributed by atoms with Crippen LogP contribution in [0.2, 0.25) is 0 Å². The predicted molar refractivity (Wildman–Crippen MR) is 96.8 cm³/mol. The molecule has 0 aliphatic rings. The van der Waals surface area contributed by atoms with Crippen LogP contribution in [0.5, 0.6) is 0 Å². The smallest absolute Gasteiger partial charge is 0.117 e. The lowest BCUT2D eigenvalue weighted by Gasteiger charge is -2.64. The van der Waals surface area contributed by atoms with Crippen LogP contribution in [-0.4, -0.2) is 45.4 Å². The van der Waals surface area contributed by atoms with Crippen LogP contribution in [0.4, 0.5) is 0 Å². The van der Waals surface area contributed by atoms with Crippen molar-refractivity contribution >= 4 is 7.85 Å². The molecule has 2 radical (unpaired) electrons. The van der Waals surface area contributed by atoms with Crippen molar-refractivity contribution in [2.75, 3.05) is 0 Å². The predicted octanol–water partition coefficient (Wildman–Crippen LogP) is 4.63. The standard InChI is InChI=1S/C18H39BN2/c1-14(2,3)20(15(4,5)6)18(13,19)21(16(7,8)9)17(10,11)12/h1-13H3. The summed E-state index contributed by atoms with van der Waals surface area (Å²) in [6, 6.07) is 0. The summed E-state index contributed by atoms with van der Waals surface area (Å²) in [5.41, 5.74) is -0.687. The van der Waals surface area contributed by atoms with Gasteiger partial charge < -0.3 is 0 Å². The van der Waals surface area contributed by atoms with Crippen LogP contribution in [-0.2, 0) is 0 Å². The highest BCUT2D eigenvalue weighted by Crippen LogP contribution is 2.40. The van der Waals surface area contributed by atoms with Gasteiger partial charge in [0.05, 0.1) is 0 Å². The van der Waals surface area contributed by atoms with Crippen molar-refractivity contribution < 1.29 is 0 Å². The number of hydrogen-bond acceptors (Lipinski definition) is 2. The SMILES string of the molecule is [B]C(C)(N(C(C)(C)C)C(C)(C)C)N(C(C)(C)C)C(C)(C)C. The molecule has 2 nitrogen and oxygen atoms in total. The van der Waals surface area contributed by atoms with E-state index in [1.807, 2.05) is 0 Å². The van der Waals surface area contributed by atoms with Gasteiger partial charge in [-0.15, -0.1) is 0 Å². The molecule has 0 saturated heterocycles. The minimum atomic E-state index is -0.562. The molecule has 21 heavy (non-hydrogen) atoms. The van der Waals surface area contributed by atoms with Crippen LogP contribution in [0.3, 0.4) is 0 Å². The summed E-state index contributed by atoms with van der Waals surface area (Å²) in [5, 5.41) is 0. The van der Waals surface area contributed by atoms with Gasteiger partial charge in [0.1, 0.15) is 7.85 Å². The molecule has 0 atom stereocenters. The van der Waals surface area contributed by atoms with Crippen molar-refractivity contribution in [2.24, 2.45) is 0 Å². The second-order valence-corrected chi connectivity index (χ2v) is 10.4. The van der Waals surface area contributed by atoms with Gasteiger partial charge in [0.15, 0.2) is 0 Å². The Labute approximate surface area is 136 Å². The van der Waals surface area contributed by atoms with E-state index >= 15 is 0 Å². The molecule has 0 aromatic rings. The van der Waals surface area contributed by atoms with E-state index in [0.29, 0.717) is 0 Å². The molecule has 0 aliphatic heterocycles. The third-order valence-electron chi connectivity index (χ3n) is 3.59. The van der Waals surface area contributed by atoms with Crippen molar-refractivity contribution in [3.05, 3.63) is 0 Å². The summed E-state index contributed by atoms with van der Waals surface area (Å²) in [4.78, 5) is 4.87. The van der Waals surface area contributed by atoms with E-state index in [0.717, 1.165) is 0 Å². The maximum atomic E-state index is 7.00. The van der Waals surface area contributed by atoms with Gasteiger partial charge in [0.2, 0.25) is 0 Å². The molecular formula is C18H39BN2. The quantitative estimate of drug-likeness (QED) is 0.541. The van der Waals surface area contributed by atoms with Crippen LogP contribution in [0, 0.1) is 0 Å². The molecule has 0 N–H and O–H groups in total. The second-order valence-electron chi connectivity index (χ2n) is 10.4. The Kier molecular flexibility index (Phi) is 5.56. The molecular weight excluding hydrogens is 255 g/mol. The fourth-order valence-corrected chi connectivity index (χ4v) is 4.83. The van der Waals surface area contributed by atoms with Gasteiger partial charge >= 0.3 is 0 Å². The minimum absolute atomic E-state index is 0.0312. The van der Waals surface area contributed by atoms with Crippen molar-refractivity contribution in [1.29, 1.82) is 0 Å². The molecule has 0 spiro atoms. The van der Waals surface area contributed by atoms with Crippen LogP contribution in [0.25, 0.3) is 0 Å². The Morgan fingerprint density at radius 2 is 0.571 bits per heavy atom. The molecule has 0 aromatic heterocycles. The molecule has 3 heteroatoms. The second kappa shape index (κ2) is 5.56. The molecule has 0 amide bonds. The number of hydrogen-bond donors (Lipinski definition) is 0. The normalized spacial score (nSPS) is 16.0. The zero-order valence-corrected chi connectivity index (χ0v) is 17.0. The van der Waals surface area contributed by atoms with Crippen LogP contribution >= 0.6 is 0 Å². The van der Waals surface area contributed by atoms with E-state index in [2.05, 4.69) is 99.8 Å². The first-order chi connectivity index (χ1) is 8.73. The van der Waals surface area contributed by atoms with Crippen LogP contribution in [0.1, 0.15) is 90.0 Å². The van der Waals surface area contributed by atoms with E-state index in [9.17, 15) is 0 Å². The highest BCUT2D eigenvalue weighted by Gasteiger charge is 2.50. The third kappa shape index (κ3) is 4.99. The van der Waals surface area contributed by atoms with Gasteiger partial charge in [-0.3, -0.25) is 9.80 Å².